The third-order valence-electron chi connectivity index (χ3n) is 3.99. The topological polar surface area (TPSA) is 45.2 Å². The van der Waals surface area contributed by atoms with Crippen LogP contribution in [0.2, 0.25) is 0 Å². The van der Waals surface area contributed by atoms with Crippen molar-refractivity contribution >= 4 is 52.3 Å². The van der Waals surface area contributed by atoms with Gasteiger partial charge in [-0.3, -0.25) is 4.79 Å². The second-order valence-electron chi connectivity index (χ2n) is 5.47. The smallest absolute Gasteiger partial charge is 0.223 e. The van der Waals surface area contributed by atoms with E-state index < -0.39 is 0 Å². The molecule has 1 N–H and O–H groups in total. The molecule has 1 aromatic carbocycles. The van der Waals surface area contributed by atoms with Crippen molar-refractivity contribution < 1.29 is 4.79 Å². The molecule has 128 valence electrons. The van der Waals surface area contributed by atoms with E-state index in [0.717, 1.165) is 42.9 Å². The summed E-state index contributed by atoms with van der Waals surface area (Å²) in [6.07, 6.45) is 3.65. The van der Waals surface area contributed by atoms with E-state index in [-0.39, 0.29) is 36.8 Å². The summed E-state index contributed by atoms with van der Waals surface area (Å²) in [6.45, 7) is 1.77. The molecular formula is C16H23Cl2N3OS. The summed E-state index contributed by atoms with van der Waals surface area (Å²) in [5.41, 5.74) is 1.05. The van der Waals surface area contributed by atoms with Gasteiger partial charge in [-0.25, -0.2) is 4.98 Å². The van der Waals surface area contributed by atoms with E-state index >= 15 is 0 Å². The van der Waals surface area contributed by atoms with Crippen LogP contribution in [-0.2, 0) is 4.79 Å². The predicted octanol–water partition coefficient (Wildman–Crippen LogP) is 3.80. The molecule has 0 aliphatic carbocycles. The van der Waals surface area contributed by atoms with Crippen molar-refractivity contribution in [2.75, 3.05) is 20.1 Å². The highest BCUT2D eigenvalue weighted by Gasteiger charge is 2.31. The van der Waals surface area contributed by atoms with Crippen LogP contribution >= 0.6 is 36.2 Å². The third-order valence-corrected chi connectivity index (χ3v) is 5.12. The summed E-state index contributed by atoms with van der Waals surface area (Å²) in [4.78, 5) is 19.2. The lowest BCUT2D eigenvalue weighted by atomic mass is 10.2. The highest BCUT2D eigenvalue weighted by molar-refractivity contribution is 7.18. The highest BCUT2D eigenvalue weighted by atomic mass is 35.5. The zero-order valence-electron chi connectivity index (χ0n) is 13.2. The van der Waals surface area contributed by atoms with Gasteiger partial charge in [-0.15, -0.1) is 36.2 Å². The lowest BCUT2D eigenvalue weighted by Crippen LogP contribution is -2.30. The van der Waals surface area contributed by atoms with Crippen LogP contribution in [0.4, 0.5) is 0 Å². The first-order valence-corrected chi connectivity index (χ1v) is 8.41. The number of likely N-dealkylation sites (tertiary alicyclic amines) is 1. The van der Waals surface area contributed by atoms with Gasteiger partial charge in [0.25, 0.3) is 0 Å². The largest absolute Gasteiger partial charge is 0.333 e. The first-order valence-electron chi connectivity index (χ1n) is 7.59. The van der Waals surface area contributed by atoms with Crippen molar-refractivity contribution in [1.82, 2.24) is 15.2 Å². The van der Waals surface area contributed by atoms with Gasteiger partial charge in [0.2, 0.25) is 5.91 Å². The van der Waals surface area contributed by atoms with E-state index in [0.29, 0.717) is 6.42 Å². The molecule has 2 heterocycles. The number of hydrogen-bond donors (Lipinski definition) is 1. The molecule has 0 radical (unpaired) electrons. The molecule has 1 aliphatic heterocycles. The van der Waals surface area contributed by atoms with E-state index in [9.17, 15) is 4.79 Å². The number of fused-ring (bicyclic) bond motifs is 1. The summed E-state index contributed by atoms with van der Waals surface area (Å²) in [6, 6.07) is 8.39. The van der Waals surface area contributed by atoms with Crippen molar-refractivity contribution in [1.29, 1.82) is 0 Å². The number of aromatic nitrogens is 1. The summed E-state index contributed by atoms with van der Waals surface area (Å²) < 4.78 is 1.21. The van der Waals surface area contributed by atoms with Gasteiger partial charge in [0.1, 0.15) is 5.01 Å². The van der Waals surface area contributed by atoms with Gasteiger partial charge in [-0.1, -0.05) is 12.1 Å². The third kappa shape index (κ3) is 4.57. The van der Waals surface area contributed by atoms with Crippen molar-refractivity contribution in [3.63, 3.8) is 0 Å². The summed E-state index contributed by atoms with van der Waals surface area (Å²) in [7, 11) is 1.92. The SMILES string of the molecule is CNCCCC(=O)N1CCCC1c1nc2ccccc2s1.Cl.Cl. The zero-order valence-corrected chi connectivity index (χ0v) is 15.6. The van der Waals surface area contributed by atoms with Crippen LogP contribution in [0, 0.1) is 0 Å². The monoisotopic (exact) mass is 375 g/mol. The fraction of sp³-hybridized carbons (Fsp3) is 0.500. The van der Waals surface area contributed by atoms with Gasteiger partial charge >= 0.3 is 0 Å². The van der Waals surface area contributed by atoms with Crippen molar-refractivity contribution in [2.24, 2.45) is 0 Å². The molecule has 1 aromatic heterocycles. The van der Waals surface area contributed by atoms with Crippen LogP contribution in [-0.4, -0.2) is 35.9 Å². The highest BCUT2D eigenvalue weighted by Crippen LogP contribution is 2.36. The van der Waals surface area contributed by atoms with Crippen LogP contribution in [0.15, 0.2) is 24.3 Å². The Morgan fingerprint density at radius 2 is 2.17 bits per heavy atom. The number of rotatable bonds is 5. The number of nitrogens with one attached hydrogen (secondary N) is 1. The van der Waals surface area contributed by atoms with Crippen molar-refractivity contribution in [3.05, 3.63) is 29.3 Å². The molecule has 1 fully saturated rings. The molecule has 4 nitrogen and oxygen atoms in total. The molecule has 1 amide bonds. The number of amides is 1. The number of para-hydroxylation sites is 1. The molecule has 1 aliphatic rings. The maximum atomic E-state index is 12.4. The van der Waals surface area contributed by atoms with E-state index in [1.54, 1.807) is 11.3 Å². The Morgan fingerprint density at radius 1 is 1.39 bits per heavy atom. The molecule has 23 heavy (non-hydrogen) atoms. The Balaban J connectivity index is 0.00000132. The van der Waals surface area contributed by atoms with Gasteiger partial charge < -0.3 is 10.2 Å². The number of thiazole rings is 1. The van der Waals surface area contributed by atoms with Gasteiger partial charge in [0.15, 0.2) is 0 Å². The normalized spacial score (nSPS) is 16.9. The minimum Gasteiger partial charge on any atom is -0.333 e. The van der Waals surface area contributed by atoms with Crippen LogP contribution in [0.5, 0.6) is 0 Å². The summed E-state index contributed by atoms with van der Waals surface area (Å²) in [5.74, 6) is 0.270. The second-order valence-corrected chi connectivity index (χ2v) is 6.53. The van der Waals surface area contributed by atoms with Gasteiger partial charge in [-0.05, 0) is 45.0 Å². The van der Waals surface area contributed by atoms with Crippen molar-refractivity contribution in [3.8, 4) is 0 Å². The minimum absolute atomic E-state index is 0. The Hall–Kier alpha value is -0.880. The minimum atomic E-state index is 0. The fourth-order valence-electron chi connectivity index (χ4n) is 2.91. The maximum absolute atomic E-state index is 12.4. The van der Waals surface area contributed by atoms with Gasteiger partial charge in [-0.2, -0.15) is 0 Å². The average Bonchev–Trinajstić information content (AvgIpc) is 3.13. The molecule has 3 rings (SSSR count). The van der Waals surface area contributed by atoms with Gasteiger partial charge in [0.05, 0.1) is 16.3 Å². The van der Waals surface area contributed by atoms with Crippen LogP contribution in [0.25, 0.3) is 10.2 Å². The van der Waals surface area contributed by atoms with E-state index in [2.05, 4.69) is 11.4 Å². The number of nitrogens with zero attached hydrogens (tertiary/aromatic N) is 2. The quantitative estimate of drug-likeness (QED) is 0.808. The standard InChI is InChI=1S/C16H21N3OS.2ClH/c1-17-10-4-9-15(20)19-11-5-7-13(19)16-18-12-6-2-3-8-14(12)21-16;;/h2-3,6,8,13,17H,4-5,7,9-11H2,1H3;2*1H. The molecule has 2 aromatic rings. The van der Waals surface area contributed by atoms with E-state index in [4.69, 9.17) is 4.98 Å². The van der Waals surface area contributed by atoms with Crippen LogP contribution in [0.3, 0.4) is 0 Å². The summed E-state index contributed by atoms with van der Waals surface area (Å²) in [5, 5.41) is 4.19. The fourth-order valence-corrected chi connectivity index (χ4v) is 4.03. The Morgan fingerprint density at radius 3 is 2.91 bits per heavy atom. The molecule has 0 saturated carbocycles. The van der Waals surface area contributed by atoms with Crippen LogP contribution in [0.1, 0.15) is 36.7 Å². The number of hydrogen-bond acceptors (Lipinski definition) is 4. The summed E-state index contributed by atoms with van der Waals surface area (Å²) >= 11 is 1.73. The lowest BCUT2D eigenvalue weighted by Gasteiger charge is -2.23. The molecule has 0 bridgehead atoms. The average molecular weight is 376 g/mol. The zero-order chi connectivity index (χ0) is 14.7. The number of carbonyl (C=O) groups excluding carboxylic acids is 1. The maximum Gasteiger partial charge on any atom is 0.223 e. The van der Waals surface area contributed by atoms with Crippen LogP contribution < -0.4 is 5.32 Å². The van der Waals surface area contributed by atoms with E-state index in [1.165, 1.54) is 4.70 Å². The number of carbonyl (C=O) groups is 1. The molecular weight excluding hydrogens is 353 g/mol. The molecule has 1 saturated heterocycles. The molecule has 1 atom stereocenters. The van der Waals surface area contributed by atoms with Gasteiger partial charge in [0, 0.05) is 13.0 Å². The first-order chi connectivity index (χ1) is 10.3. The molecule has 0 spiro atoms. The number of benzene rings is 1. The Labute approximate surface area is 153 Å². The molecule has 7 heteroatoms. The Kier molecular flexibility index (Phi) is 8.26. The molecule has 1 unspecified atom stereocenters. The number of halogens is 2. The predicted molar refractivity (Wildman–Crippen MR) is 101 cm³/mol. The Bertz CT molecular complexity index is 602. The van der Waals surface area contributed by atoms with Crippen molar-refractivity contribution in [2.45, 2.75) is 31.7 Å². The lowest BCUT2D eigenvalue weighted by molar-refractivity contribution is -0.132. The second kappa shape index (κ2) is 9.42. The first kappa shape index (κ1) is 20.2. The van der Waals surface area contributed by atoms with E-state index in [1.807, 2.05) is 30.1 Å².